The fourth-order valence-electron chi connectivity index (χ4n) is 6.99. The zero-order chi connectivity index (χ0) is 12.5. The lowest BCUT2D eigenvalue weighted by Gasteiger charge is -2.52. The highest BCUT2D eigenvalue weighted by atomic mass is 16.3. The van der Waals surface area contributed by atoms with Crippen molar-refractivity contribution in [3.8, 4) is 0 Å². The molecule has 0 aromatic carbocycles. The van der Waals surface area contributed by atoms with Crippen LogP contribution in [0.25, 0.3) is 0 Å². The maximum absolute atomic E-state index is 9.69. The number of hydrogen-bond donors (Lipinski definition) is 2. The van der Waals surface area contributed by atoms with Crippen LogP contribution < -0.4 is 0 Å². The Morgan fingerprint density at radius 2 is 1.44 bits per heavy atom. The monoisotopic (exact) mass is 250 g/mol. The average Bonchev–Trinajstić information content (AvgIpc) is 3.03. The van der Waals surface area contributed by atoms with Crippen molar-refractivity contribution in [1.82, 2.24) is 0 Å². The molecule has 0 spiro atoms. The van der Waals surface area contributed by atoms with E-state index in [4.69, 9.17) is 0 Å². The molecule has 2 N–H and O–H groups in total. The summed E-state index contributed by atoms with van der Waals surface area (Å²) in [5.41, 5.74) is 0.441. The van der Waals surface area contributed by atoms with Gasteiger partial charge in [0, 0.05) is 13.2 Å². The van der Waals surface area contributed by atoms with E-state index in [1.54, 1.807) is 0 Å². The van der Waals surface area contributed by atoms with Crippen LogP contribution in [0.1, 0.15) is 39.0 Å². The van der Waals surface area contributed by atoms with Crippen LogP contribution in [-0.4, -0.2) is 23.4 Å². The molecule has 4 bridgehead atoms. The van der Waals surface area contributed by atoms with Crippen LogP contribution in [0.3, 0.4) is 0 Å². The normalized spacial score (nSPS) is 61.2. The summed E-state index contributed by atoms with van der Waals surface area (Å²) in [5, 5.41) is 19.3. The maximum atomic E-state index is 9.69. The van der Waals surface area contributed by atoms with Gasteiger partial charge in [-0.05, 0) is 78.9 Å². The molecule has 0 amide bonds. The lowest BCUT2D eigenvalue weighted by Crippen LogP contribution is -2.47. The second-order valence-electron chi connectivity index (χ2n) is 7.88. The van der Waals surface area contributed by atoms with Crippen molar-refractivity contribution >= 4 is 0 Å². The molecule has 4 saturated carbocycles. The van der Waals surface area contributed by atoms with Crippen LogP contribution in [0.15, 0.2) is 0 Å². The van der Waals surface area contributed by atoms with E-state index in [1.165, 1.54) is 32.1 Å². The Hall–Kier alpha value is -0.0800. The second-order valence-corrected chi connectivity index (χ2v) is 7.88. The molecule has 18 heavy (non-hydrogen) atoms. The molecule has 8 atom stereocenters. The van der Waals surface area contributed by atoms with Crippen LogP contribution in [-0.2, 0) is 0 Å². The molecule has 4 aliphatic carbocycles. The highest BCUT2D eigenvalue weighted by Crippen LogP contribution is 2.72. The van der Waals surface area contributed by atoms with E-state index in [1.807, 2.05) is 0 Å². The summed E-state index contributed by atoms with van der Waals surface area (Å²) < 4.78 is 0. The molecule has 2 nitrogen and oxygen atoms in total. The van der Waals surface area contributed by atoms with Crippen LogP contribution in [0.5, 0.6) is 0 Å². The second kappa shape index (κ2) is 3.73. The van der Waals surface area contributed by atoms with E-state index < -0.39 is 0 Å². The van der Waals surface area contributed by atoms with Gasteiger partial charge in [-0.2, -0.15) is 0 Å². The van der Waals surface area contributed by atoms with Crippen molar-refractivity contribution < 1.29 is 10.2 Å². The molecule has 0 aromatic rings. The van der Waals surface area contributed by atoms with Crippen LogP contribution >= 0.6 is 0 Å². The fourth-order valence-corrected chi connectivity index (χ4v) is 6.99. The fraction of sp³-hybridized carbons (Fsp3) is 1.00. The topological polar surface area (TPSA) is 40.5 Å². The van der Waals surface area contributed by atoms with Gasteiger partial charge in [0.1, 0.15) is 0 Å². The smallest absolute Gasteiger partial charge is 0.0462 e. The predicted octanol–water partition coefficient (Wildman–Crippen LogP) is 2.30. The van der Waals surface area contributed by atoms with Gasteiger partial charge in [-0.15, -0.1) is 0 Å². The van der Waals surface area contributed by atoms with Crippen LogP contribution in [0, 0.1) is 46.8 Å². The number of hydrogen-bond acceptors (Lipinski definition) is 2. The van der Waals surface area contributed by atoms with E-state index >= 15 is 0 Å². The molecule has 4 fully saturated rings. The first-order valence-electron chi connectivity index (χ1n) is 7.90. The van der Waals surface area contributed by atoms with E-state index in [2.05, 4.69) is 6.92 Å². The summed E-state index contributed by atoms with van der Waals surface area (Å²) in [6, 6.07) is 0. The van der Waals surface area contributed by atoms with Crippen molar-refractivity contribution in [2.45, 2.75) is 39.0 Å². The highest BCUT2D eigenvalue weighted by molar-refractivity contribution is 5.14. The Morgan fingerprint density at radius 1 is 0.833 bits per heavy atom. The zero-order valence-corrected chi connectivity index (χ0v) is 11.4. The Kier molecular flexibility index (Phi) is 2.43. The van der Waals surface area contributed by atoms with Gasteiger partial charge in [-0.3, -0.25) is 0 Å². The van der Waals surface area contributed by atoms with Crippen molar-refractivity contribution in [3.05, 3.63) is 0 Å². The molecule has 7 unspecified atom stereocenters. The largest absolute Gasteiger partial charge is 0.396 e. The third-order valence-electron chi connectivity index (χ3n) is 7.55. The molecule has 102 valence electrons. The quantitative estimate of drug-likeness (QED) is 0.789. The van der Waals surface area contributed by atoms with Crippen molar-refractivity contribution in [3.63, 3.8) is 0 Å². The van der Waals surface area contributed by atoms with E-state index in [-0.39, 0.29) is 0 Å². The van der Waals surface area contributed by atoms with Gasteiger partial charge in [0.15, 0.2) is 0 Å². The van der Waals surface area contributed by atoms with E-state index in [9.17, 15) is 10.2 Å². The van der Waals surface area contributed by atoms with Gasteiger partial charge in [0.05, 0.1) is 0 Å². The summed E-state index contributed by atoms with van der Waals surface area (Å²) in [6.07, 6.45) is 6.71. The third kappa shape index (κ3) is 1.22. The Bertz CT molecular complexity index is 355. The molecule has 0 heterocycles. The Morgan fingerprint density at radius 3 is 2.17 bits per heavy atom. The van der Waals surface area contributed by atoms with Crippen molar-refractivity contribution in [1.29, 1.82) is 0 Å². The number of fused-ring (bicyclic) bond motifs is 8. The van der Waals surface area contributed by atoms with Crippen molar-refractivity contribution in [2.24, 2.45) is 46.8 Å². The molecular formula is C16H26O2. The SMILES string of the molecule is CC12C3CC(CC3CO)CC1[C@H]1CC(CO)C2C1. The zero-order valence-electron chi connectivity index (χ0n) is 11.4. The Labute approximate surface area is 110 Å². The maximum Gasteiger partial charge on any atom is 0.0462 e. The van der Waals surface area contributed by atoms with E-state index in [0.29, 0.717) is 30.5 Å². The standard InChI is InChI=1S/C16H26O2/c1-16-13(10-5-12(8-18)15(16)6-10)3-9-2-11(7-17)14(16)4-9/h9-15,17-18H,2-8H2,1H3/t9?,10-,11?,12?,13?,14?,15?,16?/m0/s1. The van der Waals surface area contributed by atoms with Gasteiger partial charge in [-0.1, -0.05) is 6.92 Å². The molecule has 0 saturated heterocycles. The summed E-state index contributed by atoms with van der Waals surface area (Å²) in [7, 11) is 0. The molecule has 0 aromatic heterocycles. The lowest BCUT2D eigenvalue weighted by molar-refractivity contribution is -0.0580. The predicted molar refractivity (Wildman–Crippen MR) is 69.8 cm³/mol. The molecule has 4 aliphatic rings. The van der Waals surface area contributed by atoms with Gasteiger partial charge in [0.25, 0.3) is 0 Å². The summed E-state index contributed by atoms with van der Waals surface area (Å²) >= 11 is 0. The summed E-state index contributed by atoms with van der Waals surface area (Å²) in [4.78, 5) is 0. The molecule has 0 aliphatic heterocycles. The number of rotatable bonds is 2. The van der Waals surface area contributed by atoms with Crippen molar-refractivity contribution in [2.75, 3.05) is 13.2 Å². The first-order valence-corrected chi connectivity index (χ1v) is 7.90. The first-order chi connectivity index (χ1) is 8.68. The van der Waals surface area contributed by atoms with Gasteiger partial charge >= 0.3 is 0 Å². The minimum Gasteiger partial charge on any atom is -0.396 e. The summed E-state index contributed by atoms with van der Waals surface area (Å²) in [5.74, 6) is 5.31. The highest BCUT2D eigenvalue weighted by Gasteiger charge is 2.66. The molecule has 2 heteroatoms. The first kappa shape index (κ1) is 11.7. The Balaban J connectivity index is 1.71. The number of aliphatic hydroxyl groups excluding tert-OH is 2. The van der Waals surface area contributed by atoms with Gasteiger partial charge in [0.2, 0.25) is 0 Å². The average molecular weight is 250 g/mol. The lowest BCUT2D eigenvalue weighted by atomic mass is 9.53. The summed E-state index contributed by atoms with van der Waals surface area (Å²) in [6.45, 7) is 3.30. The molecular weight excluding hydrogens is 224 g/mol. The van der Waals surface area contributed by atoms with Crippen LogP contribution in [0.4, 0.5) is 0 Å². The molecule has 0 radical (unpaired) electrons. The third-order valence-corrected chi connectivity index (χ3v) is 7.55. The van der Waals surface area contributed by atoms with E-state index in [0.717, 1.165) is 29.6 Å². The minimum atomic E-state index is 0.392. The minimum absolute atomic E-state index is 0.392. The van der Waals surface area contributed by atoms with Gasteiger partial charge < -0.3 is 10.2 Å². The number of aliphatic hydroxyl groups is 2. The van der Waals surface area contributed by atoms with Gasteiger partial charge in [-0.25, -0.2) is 0 Å². The molecule has 4 rings (SSSR count). The van der Waals surface area contributed by atoms with Crippen LogP contribution in [0.2, 0.25) is 0 Å².